The van der Waals surface area contributed by atoms with Gasteiger partial charge in [-0.1, -0.05) is 24.3 Å². The van der Waals surface area contributed by atoms with Crippen molar-refractivity contribution >= 4 is 5.82 Å². The molecular weight excluding hydrogens is 274 g/mol. The fourth-order valence-electron chi connectivity index (χ4n) is 3.01. The number of benzene rings is 1. The molecule has 0 radical (unpaired) electrons. The van der Waals surface area contributed by atoms with Gasteiger partial charge in [-0.25, -0.2) is 4.98 Å². The Hall–Kier alpha value is -2.07. The molecule has 4 nitrogen and oxygen atoms in total. The van der Waals surface area contributed by atoms with Gasteiger partial charge in [0.05, 0.1) is 7.11 Å². The van der Waals surface area contributed by atoms with Crippen molar-refractivity contribution in [1.29, 1.82) is 0 Å². The average molecular weight is 297 g/mol. The van der Waals surface area contributed by atoms with Crippen molar-refractivity contribution in [2.45, 2.75) is 13.0 Å². The molecule has 0 bridgehead atoms. The molecule has 1 aromatic carbocycles. The first-order valence-corrected chi connectivity index (χ1v) is 7.84. The number of rotatable bonds is 6. The molecule has 2 heterocycles. The van der Waals surface area contributed by atoms with Gasteiger partial charge >= 0.3 is 0 Å². The second-order valence-corrected chi connectivity index (χ2v) is 5.80. The summed E-state index contributed by atoms with van der Waals surface area (Å²) in [7, 11) is 1.74. The summed E-state index contributed by atoms with van der Waals surface area (Å²) < 4.78 is 5.44. The van der Waals surface area contributed by atoms with E-state index in [-0.39, 0.29) is 0 Å². The van der Waals surface area contributed by atoms with Gasteiger partial charge in [0.15, 0.2) is 0 Å². The average Bonchev–Trinajstić information content (AvgIpc) is 3.02. The van der Waals surface area contributed by atoms with E-state index in [1.165, 1.54) is 12.0 Å². The van der Waals surface area contributed by atoms with Crippen molar-refractivity contribution in [2.24, 2.45) is 5.92 Å². The Balaban J connectivity index is 1.50. The Morgan fingerprint density at radius 3 is 2.91 bits per heavy atom. The number of anilines is 1. The van der Waals surface area contributed by atoms with E-state index in [0.717, 1.165) is 37.7 Å². The summed E-state index contributed by atoms with van der Waals surface area (Å²) in [5.74, 6) is 2.62. The van der Waals surface area contributed by atoms with Crippen LogP contribution in [0.3, 0.4) is 0 Å². The lowest BCUT2D eigenvalue weighted by molar-refractivity contribution is 0.310. The van der Waals surface area contributed by atoms with E-state index in [1.807, 2.05) is 36.5 Å². The maximum Gasteiger partial charge on any atom is 0.125 e. The molecule has 1 aliphatic rings. The highest BCUT2D eigenvalue weighted by Crippen LogP contribution is 2.23. The predicted octanol–water partition coefficient (Wildman–Crippen LogP) is 3.02. The molecule has 1 N–H and O–H groups in total. The van der Waals surface area contributed by atoms with Gasteiger partial charge in [0, 0.05) is 31.4 Å². The van der Waals surface area contributed by atoms with Crippen molar-refractivity contribution in [1.82, 2.24) is 9.88 Å². The molecule has 3 rings (SSSR count). The van der Waals surface area contributed by atoms with E-state index in [0.29, 0.717) is 5.92 Å². The van der Waals surface area contributed by atoms with Crippen molar-refractivity contribution in [3.63, 3.8) is 0 Å². The number of nitrogens with one attached hydrogen (secondary N) is 1. The van der Waals surface area contributed by atoms with Crippen LogP contribution in [0.25, 0.3) is 0 Å². The second kappa shape index (κ2) is 7.27. The SMILES string of the molecule is COc1ccccc1CN1CC[C@@H](CNc2ccccn2)C1. The normalized spacial score (nSPS) is 18.3. The lowest BCUT2D eigenvalue weighted by Crippen LogP contribution is -2.23. The van der Waals surface area contributed by atoms with Crippen LogP contribution in [0.15, 0.2) is 48.7 Å². The van der Waals surface area contributed by atoms with E-state index in [9.17, 15) is 0 Å². The van der Waals surface area contributed by atoms with E-state index in [1.54, 1.807) is 7.11 Å². The van der Waals surface area contributed by atoms with Crippen LogP contribution >= 0.6 is 0 Å². The lowest BCUT2D eigenvalue weighted by atomic mass is 10.1. The van der Waals surface area contributed by atoms with Gasteiger partial charge in [-0.15, -0.1) is 0 Å². The van der Waals surface area contributed by atoms with Crippen molar-refractivity contribution < 1.29 is 4.74 Å². The number of pyridine rings is 1. The molecule has 0 unspecified atom stereocenters. The van der Waals surface area contributed by atoms with Gasteiger partial charge in [-0.2, -0.15) is 0 Å². The Labute approximate surface area is 132 Å². The van der Waals surface area contributed by atoms with E-state index >= 15 is 0 Å². The van der Waals surface area contributed by atoms with Crippen LogP contribution in [-0.4, -0.2) is 36.6 Å². The first-order valence-electron chi connectivity index (χ1n) is 7.84. The van der Waals surface area contributed by atoms with Crippen molar-refractivity contribution in [3.05, 3.63) is 54.2 Å². The Bertz CT molecular complexity index is 588. The summed E-state index contributed by atoms with van der Waals surface area (Å²) in [6, 6.07) is 14.2. The van der Waals surface area contributed by atoms with Gasteiger partial charge in [-0.05, 0) is 37.1 Å². The highest BCUT2D eigenvalue weighted by molar-refractivity contribution is 5.34. The highest BCUT2D eigenvalue weighted by atomic mass is 16.5. The van der Waals surface area contributed by atoms with Crippen LogP contribution in [-0.2, 0) is 6.54 Å². The molecule has 22 heavy (non-hydrogen) atoms. The quantitative estimate of drug-likeness (QED) is 0.889. The Kier molecular flexibility index (Phi) is 4.91. The van der Waals surface area contributed by atoms with Gasteiger partial charge in [0.2, 0.25) is 0 Å². The third-order valence-corrected chi connectivity index (χ3v) is 4.19. The standard InChI is InChI=1S/C18H23N3O/c1-22-17-7-3-2-6-16(17)14-21-11-9-15(13-21)12-20-18-8-4-5-10-19-18/h2-8,10,15H,9,11-14H2,1H3,(H,19,20)/t15-/m0/s1. The number of methoxy groups -OCH3 is 1. The molecule has 1 atom stereocenters. The number of hydrogen-bond acceptors (Lipinski definition) is 4. The zero-order chi connectivity index (χ0) is 15.2. The van der Waals surface area contributed by atoms with Gasteiger partial charge in [0.25, 0.3) is 0 Å². The molecule has 1 aliphatic heterocycles. The van der Waals surface area contributed by atoms with Crippen LogP contribution in [0.4, 0.5) is 5.82 Å². The largest absolute Gasteiger partial charge is 0.496 e. The molecule has 1 saturated heterocycles. The summed E-state index contributed by atoms with van der Waals surface area (Å²) in [5, 5.41) is 3.43. The van der Waals surface area contributed by atoms with Crippen LogP contribution in [0.5, 0.6) is 5.75 Å². The van der Waals surface area contributed by atoms with Gasteiger partial charge in [0.1, 0.15) is 11.6 Å². The number of ether oxygens (including phenoxy) is 1. The number of para-hydroxylation sites is 1. The maximum absolute atomic E-state index is 5.44. The minimum atomic E-state index is 0.678. The molecule has 0 amide bonds. The number of aromatic nitrogens is 1. The molecule has 0 saturated carbocycles. The predicted molar refractivity (Wildman–Crippen MR) is 89.1 cm³/mol. The first-order chi connectivity index (χ1) is 10.8. The summed E-state index contributed by atoms with van der Waals surface area (Å²) in [5.41, 5.74) is 1.27. The molecule has 1 aromatic heterocycles. The Morgan fingerprint density at radius 1 is 1.23 bits per heavy atom. The molecule has 4 heteroatoms. The lowest BCUT2D eigenvalue weighted by Gasteiger charge is -2.18. The zero-order valence-corrected chi connectivity index (χ0v) is 13.0. The van der Waals surface area contributed by atoms with Crippen LogP contribution < -0.4 is 10.1 Å². The summed E-state index contributed by atoms with van der Waals surface area (Å²) in [6.45, 7) is 4.22. The molecule has 2 aromatic rings. The van der Waals surface area contributed by atoms with Crippen molar-refractivity contribution in [2.75, 3.05) is 32.1 Å². The number of nitrogens with zero attached hydrogens (tertiary/aromatic N) is 2. The zero-order valence-electron chi connectivity index (χ0n) is 13.0. The van der Waals surface area contributed by atoms with Crippen LogP contribution in [0.2, 0.25) is 0 Å². The topological polar surface area (TPSA) is 37.4 Å². The fraction of sp³-hybridized carbons (Fsp3) is 0.389. The fourth-order valence-corrected chi connectivity index (χ4v) is 3.01. The smallest absolute Gasteiger partial charge is 0.125 e. The van der Waals surface area contributed by atoms with Crippen LogP contribution in [0, 0.1) is 5.92 Å². The second-order valence-electron chi connectivity index (χ2n) is 5.80. The maximum atomic E-state index is 5.44. The third-order valence-electron chi connectivity index (χ3n) is 4.19. The molecule has 0 aliphatic carbocycles. The summed E-state index contributed by atoms with van der Waals surface area (Å²) in [6.07, 6.45) is 3.06. The van der Waals surface area contributed by atoms with Gasteiger partial charge in [-0.3, -0.25) is 4.90 Å². The van der Waals surface area contributed by atoms with E-state index < -0.39 is 0 Å². The Morgan fingerprint density at radius 2 is 2.09 bits per heavy atom. The number of likely N-dealkylation sites (tertiary alicyclic amines) is 1. The summed E-state index contributed by atoms with van der Waals surface area (Å²) >= 11 is 0. The molecular formula is C18H23N3O. The molecule has 0 spiro atoms. The number of hydrogen-bond donors (Lipinski definition) is 1. The van der Waals surface area contributed by atoms with E-state index in [4.69, 9.17) is 4.74 Å². The van der Waals surface area contributed by atoms with E-state index in [2.05, 4.69) is 27.3 Å². The van der Waals surface area contributed by atoms with Crippen molar-refractivity contribution in [3.8, 4) is 5.75 Å². The molecule has 1 fully saturated rings. The van der Waals surface area contributed by atoms with Gasteiger partial charge < -0.3 is 10.1 Å². The third kappa shape index (κ3) is 3.77. The highest BCUT2D eigenvalue weighted by Gasteiger charge is 2.23. The van der Waals surface area contributed by atoms with Crippen LogP contribution in [0.1, 0.15) is 12.0 Å². The first kappa shape index (κ1) is 14.9. The summed E-state index contributed by atoms with van der Waals surface area (Å²) in [4.78, 5) is 6.81. The minimum absolute atomic E-state index is 0.678. The monoisotopic (exact) mass is 297 g/mol. The minimum Gasteiger partial charge on any atom is -0.496 e. The molecule has 116 valence electrons.